The summed E-state index contributed by atoms with van der Waals surface area (Å²) in [6.45, 7) is 10.3. The van der Waals surface area contributed by atoms with Gasteiger partial charge in [0.15, 0.2) is 0 Å². The Morgan fingerprint density at radius 1 is 1.28 bits per heavy atom. The van der Waals surface area contributed by atoms with E-state index < -0.39 is 0 Å². The summed E-state index contributed by atoms with van der Waals surface area (Å²) in [5.41, 5.74) is 1.78. The minimum atomic E-state index is 0.372. The lowest BCUT2D eigenvalue weighted by Gasteiger charge is -2.27. The molecule has 0 spiro atoms. The predicted molar refractivity (Wildman–Crippen MR) is 84.0 cm³/mol. The van der Waals surface area contributed by atoms with Gasteiger partial charge in [-0.25, -0.2) is 0 Å². The molecule has 0 aliphatic carbocycles. The van der Waals surface area contributed by atoms with Crippen LogP contribution in [-0.4, -0.2) is 12.6 Å². The van der Waals surface area contributed by atoms with Crippen molar-refractivity contribution in [2.75, 3.05) is 6.54 Å². The van der Waals surface area contributed by atoms with Crippen molar-refractivity contribution in [3.63, 3.8) is 0 Å². The third kappa shape index (κ3) is 6.55. The van der Waals surface area contributed by atoms with Crippen LogP contribution in [-0.2, 0) is 6.42 Å². The molecule has 1 rings (SSSR count). The largest absolute Gasteiger partial charge is 0.314 e. The molecule has 0 saturated carbocycles. The van der Waals surface area contributed by atoms with Gasteiger partial charge in [0.25, 0.3) is 0 Å². The van der Waals surface area contributed by atoms with Crippen molar-refractivity contribution < 1.29 is 0 Å². The van der Waals surface area contributed by atoms with E-state index in [9.17, 15) is 0 Å². The summed E-state index contributed by atoms with van der Waals surface area (Å²) in [7, 11) is 0. The summed E-state index contributed by atoms with van der Waals surface area (Å²) < 4.78 is 1.17. The van der Waals surface area contributed by atoms with E-state index >= 15 is 0 Å². The summed E-state index contributed by atoms with van der Waals surface area (Å²) in [5.74, 6) is 0. The second-order valence-corrected chi connectivity index (χ2v) is 7.17. The van der Waals surface area contributed by atoms with Crippen molar-refractivity contribution >= 4 is 15.9 Å². The molecule has 0 aliphatic heterocycles. The van der Waals surface area contributed by atoms with Crippen LogP contribution >= 0.6 is 15.9 Å². The van der Waals surface area contributed by atoms with E-state index in [1.54, 1.807) is 0 Å². The maximum atomic E-state index is 3.68. The van der Waals surface area contributed by atoms with Gasteiger partial charge in [0.1, 0.15) is 0 Å². The highest BCUT2D eigenvalue weighted by atomic mass is 79.9. The average Bonchev–Trinajstić information content (AvgIpc) is 2.24. The number of hydrogen-bond donors (Lipinski definition) is 1. The highest BCUT2D eigenvalue weighted by Crippen LogP contribution is 2.23. The molecule has 2 heteroatoms. The first-order chi connectivity index (χ1) is 8.40. The van der Waals surface area contributed by atoms with Gasteiger partial charge in [0.2, 0.25) is 0 Å². The average molecular weight is 312 g/mol. The summed E-state index contributed by atoms with van der Waals surface area (Å²) in [5, 5.41) is 3.68. The Bertz CT molecular complexity index is 354. The van der Waals surface area contributed by atoms with Gasteiger partial charge in [-0.3, -0.25) is 0 Å². The van der Waals surface area contributed by atoms with Crippen LogP contribution < -0.4 is 5.32 Å². The molecule has 0 fully saturated rings. The van der Waals surface area contributed by atoms with Gasteiger partial charge in [-0.05, 0) is 48.9 Å². The molecule has 0 bridgehead atoms. The van der Waals surface area contributed by atoms with Gasteiger partial charge in [0, 0.05) is 10.5 Å². The van der Waals surface area contributed by atoms with Crippen LogP contribution in [0, 0.1) is 5.41 Å². The van der Waals surface area contributed by atoms with Crippen LogP contribution in [0.5, 0.6) is 0 Å². The lowest BCUT2D eigenvalue weighted by atomic mass is 9.86. The summed E-state index contributed by atoms with van der Waals surface area (Å²) in [6, 6.07) is 9.21. The number of nitrogens with one attached hydrogen (secondary N) is 1. The Morgan fingerprint density at radius 2 is 2.00 bits per heavy atom. The number of halogens is 1. The Kier molecular flexibility index (Phi) is 6.37. The molecule has 1 atom stereocenters. The van der Waals surface area contributed by atoms with E-state index in [0.29, 0.717) is 11.5 Å². The first-order valence-corrected chi connectivity index (χ1v) is 7.68. The minimum Gasteiger partial charge on any atom is -0.314 e. The molecule has 1 N–H and O–H groups in total. The molecule has 0 saturated heterocycles. The zero-order chi connectivity index (χ0) is 13.6. The number of benzene rings is 1. The van der Waals surface area contributed by atoms with Gasteiger partial charge in [-0.15, -0.1) is 0 Å². The van der Waals surface area contributed by atoms with Crippen LogP contribution in [0.1, 0.15) is 46.1 Å². The van der Waals surface area contributed by atoms with Gasteiger partial charge < -0.3 is 5.32 Å². The Hall–Kier alpha value is -0.340. The Labute approximate surface area is 120 Å². The van der Waals surface area contributed by atoms with Gasteiger partial charge in [0.05, 0.1) is 0 Å². The maximum absolute atomic E-state index is 3.68. The smallest absolute Gasteiger partial charge is 0.0178 e. The van der Waals surface area contributed by atoms with Crippen LogP contribution in [0.3, 0.4) is 0 Å². The quantitative estimate of drug-likeness (QED) is 0.796. The van der Waals surface area contributed by atoms with Crippen molar-refractivity contribution in [2.24, 2.45) is 5.41 Å². The topological polar surface area (TPSA) is 12.0 Å². The van der Waals surface area contributed by atoms with Crippen LogP contribution in [0.4, 0.5) is 0 Å². The molecular formula is C16H26BrN. The van der Waals surface area contributed by atoms with E-state index in [4.69, 9.17) is 0 Å². The first-order valence-electron chi connectivity index (χ1n) is 6.88. The Morgan fingerprint density at radius 3 is 2.56 bits per heavy atom. The zero-order valence-electron chi connectivity index (χ0n) is 12.1. The highest BCUT2D eigenvalue weighted by molar-refractivity contribution is 9.10. The first kappa shape index (κ1) is 15.7. The van der Waals surface area contributed by atoms with Crippen LogP contribution in [0.2, 0.25) is 0 Å². The van der Waals surface area contributed by atoms with E-state index in [2.05, 4.69) is 73.2 Å². The standard InChI is InChI=1S/C16H26BrN/c1-5-9-18-15(12-16(2,3)4)11-13-7-6-8-14(17)10-13/h6-8,10,15,18H,5,9,11-12H2,1-4H3. The molecule has 0 aromatic heterocycles. The molecular weight excluding hydrogens is 286 g/mol. The molecule has 0 heterocycles. The predicted octanol–water partition coefficient (Wildman–Crippen LogP) is 4.80. The van der Waals surface area contributed by atoms with E-state index in [-0.39, 0.29) is 0 Å². The van der Waals surface area contributed by atoms with Crippen molar-refractivity contribution in [3.8, 4) is 0 Å². The SMILES string of the molecule is CCCNC(Cc1cccc(Br)c1)CC(C)(C)C. The van der Waals surface area contributed by atoms with Gasteiger partial charge in [-0.2, -0.15) is 0 Å². The van der Waals surface area contributed by atoms with Crippen molar-refractivity contribution in [1.82, 2.24) is 5.32 Å². The molecule has 1 aromatic carbocycles. The van der Waals surface area contributed by atoms with E-state index in [0.717, 1.165) is 13.0 Å². The minimum absolute atomic E-state index is 0.372. The van der Waals surface area contributed by atoms with Gasteiger partial charge >= 0.3 is 0 Å². The second kappa shape index (κ2) is 7.30. The van der Waals surface area contributed by atoms with Crippen molar-refractivity contribution in [1.29, 1.82) is 0 Å². The molecule has 1 unspecified atom stereocenters. The lowest BCUT2D eigenvalue weighted by Crippen LogP contribution is -2.35. The second-order valence-electron chi connectivity index (χ2n) is 6.25. The fourth-order valence-electron chi connectivity index (χ4n) is 2.25. The van der Waals surface area contributed by atoms with Gasteiger partial charge in [-0.1, -0.05) is 55.8 Å². The van der Waals surface area contributed by atoms with E-state index in [1.165, 1.54) is 22.9 Å². The highest BCUT2D eigenvalue weighted by Gasteiger charge is 2.18. The Balaban J connectivity index is 2.65. The normalized spacial score (nSPS) is 13.6. The zero-order valence-corrected chi connectivity index (χ0v) is 13.7. The third-order valence-electron chi connectivity index (χ3n) is 2.91. The molecule has 18 heavy (non-hydrogen) atoms. The summed E-state index contributed by atoms with van der Waals surface area (Å²) >= 11 is 3.55. The van der Waals surface area contributed by atoms with E-state index in [1.807, 2.05) is 0 Å². The third-order valence-corrected chi connectivity index (χ3v) is 3.41. The monoisotopic (exact) mass is 311 g/mol. The summed E-state index contributed by atoms with van der Waals surface area (Å²) in [4.78, 5) is 0. The van der Waals surface area contributed by atoms with Crippen molar-refractivity contribution in [2.45, 2.75) is 53.0 Å². The molecule has 1 nitrogen and oxygen atoms in total. The van der Waals surface area contributed by atoms with Crippen LogP contribution in [0.15, 0.2) is 28.7 Å². The molecule has 0 radical (unpaired) electrons. The lowest BCUT2D eigenvalue weighted by molar-refractivity contribution is 0.306. The number of hydrogen-bond acceptors (Lipinski definition) is 1. The summed E-state index contributed by atoms with van der Waals surface area (Å²) in [6.07, 6.45) is 3.51. The molecule has 0 amide bonds. The van der Waals surface area contributed by atoms with Crippen molar-refractivity contribution in [3.05, 3.63) is 34.3 Å². The van der Waals surface area contributed by atoms with Crippen LogP contribution in [0.25, 0.3) is 0 Å². The number of rotatable bonds is 6. The molecule has 102 valence electrons. The fourth-order valence-corrected chi connectivity index (χ4v) is 2.70. The molecule has 0 aliphatic rings. The molecule has 1 aromatic rings. The fraction of sp³-hybridized carbons (Fsp3) is 0.625. The maximum Gasteiger partial charge on any atom is 0.0178 e.